The lowest BCUT2D eigenvalue weighted by Crippen LogP contribution is -2.29. The number of fused-ring (bicyclic) bond motifs is 5. The van der Waals surface area contributed by atoms with E-state index >= 15 is 0 Å². The summed E-state index contributed by atoms with van der Waals surface area (Å²) in [6, 6.07) is 29.9. The van der Waals surface area contributed by atoms with Gasteiger partial charge in [-0.15, -0.1) is 0 Å². The van der Waals surface area contributed by atoms with Crippen LogP contribution in [-0.2, 0) is 6.61 Å². The van der Waals surface area contributed by atoms with Crippen LogP contribution < -0.4 is 10.1 Å². The topological polar surface area (TPSA) is 21.3 Å². The summed E-state index contributed by atoms with van der Waals surface area (Å²) in [6.45, 7) is 0.534. The van der Waals surface area contributed by atoms with Crippen molar-refractivity contribution >= 4 is 28.1 Å². The Hall–Kier alpha value is -3.23. The van der Waals surface area contributed by atoms with E-state index in [0.717, 1.165) is 22.8 Å². The quantitative estimate of drug-likeness (QED) is 0.327. The molecule has 0 amide bonds. The number of benzene rings is 4. The Morgan fingerprint density at radius 2 is 1.69 bits per heavy atom. The van der Waals surface area contributed by atoms with Gasteiger partial charge in [0, 0.05) is 22.0 Å². The van der Waals surface area contributed by atoms with E-state index in [1.165, 1.54) is 27.6 Å². The van der Waals surface area contributed by atoms with Crippen LogP contribution in [0.2, 0.25) is 5.02 Å². The van der Waals surface area contributed by atoms with Crippen molar-refractivity contribution in [3.63, 3.8) is 0 Å². The molecule has 0 saturated heterocycles. The molecule has 2 aliphatic rings. The molecule has 3 atom stereocenters. The number of anilines is 1. The van der Waals surface area contributed by atoms with Crippen molar-refractivity contribution in [2.24, 2.45) is 5.92 Å². The Bertz CT molecular complexity index is 1290. The van der Waals surface area contributed by atoms with Gasteiger partial charge in [0.15, 0.2) is 0 Å². The third-order valence-electron chi connectivity index (χ3n) is 6.82. The average Bonchev–Trinajstić information content (AvgIpc) is 3.34. The van der Waals surface area contributed by atoms with E-state index in [1.54, 1.807) is 0 Å². The predicted molar refractivity (Wildman–Crippen MR) is 133 cm³/mol. The van der Waals surface area contributed by atoms with E-state index in [2.05, 4.69) is 78.1 Å². The van der Waals surface area contributed by atoms with Crippen LogP contribution in [0, 0.1) is 5.92 Å². The van der Waals surface area contributed by atoms with Crippen LogP contribution in [0.25, 0.3) is 10.8 Å². The van der Waals surface area contributed by atoms with E-state index in [-0.39, 0.29) is 6.04 Å². The number of hydrogen-bond acceptors (Lipinski definition) is 2. The fourth-order valence-electron chi connectivity index (χ4n) is 5.19. The van der Waals surface area contributed by atoms with Gasteiger partial charge in [-0.25, -0.2) is 0 Å². The monoisotopic (exact) mass is 437 g/mol. The molecule has 32 heavy (non-hydrogen) atoms. The van der Waals surface area contributed by atoms with Gasteiger partial charge in [0.25, 0.3) is 0 Å². The molecule has 0 bridgehead atoms. The molecule has 1 aliphatic carbocycles. The summed E-state index contributed by atoms with van der Waals surface area (Å²) < 4.78 is 6.00. The van der Waals surface area contributed by atoms with E-state index in [1.807, 2.05) is 24.3 Å². The van der Waals surface area contributed by atoms with Crippen molar-refractivity contribution in [3.8, 4) is 5.75 Å². The molecule has 1 aliphatic heterocycles. The van der Waals surface area contributed by atoms with Crippen molar-refractivity contribution in [3.05, 3.63) is 119 Å². The summed E-state index contributed by atoms with van der Waals surface area (Å²) in [5, 5.41) is 7.24. The molecule has 4 aromatic carbocycles. The highest BCUT2D eigenvalue weighted by Gasteiger charge is 2.38. The maximum absolute atomic E-state index is 6.00. The van der Waals surface area contributed by atoms with Crippen LogP contribution in [0.4, 0.5) is 5.69 Å². The summed E-state index contributed by atoms with van der Waals surface area (Å²) in [7, 11) is 0. The molecule has 158 valence electrons. The Kier molecular flexibility index (Phi) is 4.88. The molecule has 0 radical (unpaired) electrons. The Morgan fingerprint density at radius 3 is 2.53 bits per heavy atom. The number of hydrogen-bond donors (Lipinski definition) is 1. The average molecular weight is 438 g/mol. The molecule has 0 spiro atoms. The van der Waals surface area contributed by atoms with Gasteiger partial charge in [0.05, 0.1) is 6.04 Å². The van der Waals surface area contributed by atoms with Crippen molar-refractivity contribution in [2.75, 3.05) is 5.32 Å². The first-order chi connectivity index (χ1) is 15.8. The van der Waals surface area contributed by atoms with Crippen molar-refractivity contribution in [1.29, 1.82) is 0 Å². The second-order valence-electron chi connectivity index (χ2n) is 8.71. The zero-order valence-corrected chi connectivity index (χ0v) is 18.4. The lowest BCUT2D eigenvalue weighted by Gasteiger charge is -2.38. The standard InChI is InChI=1S/C29H24ClNO/c30-22-13-8-19(9-14-22)18-32-23-15-10-21(11-16-23)28-26-7-3-6-25(26)27-17-12-20-4-1-2-5-24(20)29(27)31-28/h1-6,8-17,25-26,28,31H,7,18H2/t25-,26+,28+/m1/s1. The van der Waals surface area contributed by atoms with Gasteiger partial charge < -0.3 is 10.1 Å². The SMILES string of the molecule is Clc1ccc(COc2ccc([C@@H]3Nc4c(ccc5ccccc45)[C@@H]4C=CC[C@@H]43)cc2)cc1. The number of allylic oxidation sites excluding steroid dienone is 2. The molecule has 1 N–H and O–H groups in total. The summed E-state index contributed by atoms with van der Waals surface area (Å²) in [5.41, 5.74) is 5.11. The molecule has 0 unspecified atom stereocenters. The van der Waals surface area contributed by atoms with Crippen molar-refractivity contribution < 1.29 is 4.74 Å². The van der Waals surface area contributed by atoms with Gasteiger partial charge in [-0.2, -0.15) is 0 Å². The highest BCUT2D eigenvalue weighted by Crippen LogP contribution is 2.51. The number of nitrogens with one attached hydrogen (secondary N) is 1. The normalized spacial score (nSPS) is 21.1. The molecular weight excluding hydrogens is 414 g/mol. The van der Waals surface area contributed by atoms with E-state index in [9.17, 15) is 0 Å². The zero-order chi connectivity index (χ0) is 21.5. The van der Waals surface area contributed by atoms with E-state index in [4.69, 9.17) is 16.3 Å². The van der Waals surface area contributed by atoms with Crippen LogP contribution in [-0.4, -0.2) is 0 Å². The minimum atomic E-state index is 0.277. The van der Waals surface area contributed by atoms with Gasteiger partial charge in [-0.1, -0.05) is 84.4 Å². The Labute approximate surface area is 193 Å². The molecule has 0 fully saturated rings. The number of halogens is 1. The fourth-order valence-corrected chi connectivity index (χ4v) is 5.31. The molecule has 0 saturated carbocycles. The van der Waals surface area contributed by atoms with Gasteiger partial charge in [-0.05, 0) is 58.7 Å². The first kappa shape index (κ1) is 19.5. The van der Waals surface area contributed by atoms with Crippen molar-refractivity contribution in [1.82, 2.24) is 0 Å². The van der Waals surface area contributed by atoms with Crippen molar-refractivity contribution in [2.45, 2.75) is 25.0 Å². The number of ether oxygens (including phenoxy) is 1. The minimum Gasteiger partial charge on any atom is -0.489 e. The highest BCUT2D eigenvalue weighted by atomic mass is 35.5. The van der Waals surface area contributed by atoms with Gasteiger partial charge >= 0.3 is 0 Å². The first-order valence-electron chi connectivity index (χ1n) is 11.2. The smallest absolute Gasteiger partial charge is 0.119 e. The van der Waals surface area contributed by atoms with Crippen LogP contribution in [0.5, 0.6) is 5.75 Å². The molecule has 4 aromatic rings. The highest BCUT2D eigenvalue weighted by molar-refractivity contribution is 6.30. The molecule has 2 nitrogen and oxygen atoms in total. The lowest BCUT2D eigenvalue weighted by atomic mass is 9.76. The summed E-state index contributed by atoms with van der Waals surface area (Å²) in [4.78, 5) is 0. The zero-order valence-electron chi connectivity index (χ0n) is 17.7. The summed E-state index contributed by atoms with van der Waals surface area (Å²) >= 11 is 5.97. The lowest BCUT2D eigenvalue weighted by molar-refractivity contribution is 0.306. The van der Waals surface area contributed by atoms with Crippen LogP contribution in [0.15, 0.2) is 97.1 Å². The maximum atomic E-state index is 6.00. The molecular formula is C29H24ClNO. The van der Waals surface area contributed by atoms with Crippen LogP contribution in [0.3, 0.4) is 0 Å². The predicted octanol–water partition coefficient (Wildman–Crippen LogP) is 7.90. The Morgan fingerprint density at radius 1 is 0.875 bits per heavy atom. The fraction of sp³-hybridized carbons (Fsp3) is 0.172. The molecule has 0 aromatic heterocycles. The summed E-state index contributed by atoms with van der Waals surface area (Å²) in [5.74, 6) is 1.87. The third kappa shape index (κ3) is 3.45. The number of rotatable bonds is 4. The second kappa shape index (κ2) is 8.03. The Balaban J connectivity index is 1.27. The van der Waals surface area contributed by atoms with Gasteiger partial charge in [0.2, 0.25) is 0 Å². The second-order valence-corrected chi connectivity index (χ2v) is 9.15. The van der Waals surface area contributed by atoms with Crippen LogP contribution >= 0.6 is 11.6 Å². The first-order valence-corrected chi connectivity index (χ1v) is 11.6. The molecule has 1 heterocycles. The van der Waals surface area contributed by atoms with Crippen LogP contribution in [0.1, 0.15) is 35.1 Å². The maximum Gasteiger partial charge on any atom is 0.119 e. The minimum absolute atomic E-state index is 0.277. The van der Waals surface area contributed by atoms with E-state index in [0.29, 0.717) is 18.4 Å². The van der Waals surface area contributed by atoms with Gasteiger partial charge in [0.1, 0.15) is 12.4 Å². The van der Waals surface area contributed by atoms with E-state index < -0.39 is 0 Å². The molecule has 3 heteroatoms. The largest absolute Gasteiger partial charge is 0.489 e. The van der Waals surface area contributed by atoms with Gasteiger partial charge in [-0.3, -0.25) is 0 Å². The summed E-state index contributed by atoms with van der Waals surface area (Å²) in [6.07, 6.45) is 5.84. The third-order valence-corrected chi connectivity index (χ3v) is 7.07. The molecule has 6 rings (SSSR count).